The quantitative estimate of drug-likeness (QED) is 0.463. The molecule has 6 nitrogen and oxygen atoms in total. The molecule has 0 amide bonds. The molecule has 5 aromatic rings. The maximum atomic E-state index is 13.2. The molecule has 0 aliphatic carbocycles. The molecule has 2 aromatic carbocycles. The van der Waals surface area contributed by atoms with Gasteiger partial charge in [0.2, 0.25) is 0 Å². The number of hydrogen-bond acceptors (Lipinski definition) is 4. The number of fused-ring (bicyclic) bond motifs is 5. The Morgan fingerprint density at radius 3 is 2.54 bits per heavy atom. The van der Waals surface area contributed by atoms with Gasteiger partial charge in [-0.25, -0.2) is 9.78 Å². The van der Waals surface area contributed by atoms with Gasteiger partial charge in [0.15, 0.2) is 0 Å². The Morgan fingerprint density at radius 2 is 1.73 bits per heavy atom. The fraction of sp³-hybridized carbons (Fsp3) is 0.100. The number of pyridine rings is 1. The molecule has 0 spiro atoms. The van der Waals surface area contributed by atoms with Gasteiger partial charge in [0, 0.05) is 17.3 Å². The van der Waals surface area contributed by atoms with E-state index < -0.39 is 5.69 Å². The Bertz CT molecular complexity index is 1480. The SMILES string of the molecule is N#CCCn1c(=O)c2c3ccccc3nc3c4ccccc4n(c1=O)c32. The number of rotatable bonds is 2. The molecular weight excluding hydrogens is 328 g/mol. The largest absolute Gasteiger partial charge is 0.336 e. The Balaban J connectivity index is 2.19. The van der Waals surface area contributed by atoms with Crippen LogP contribution >= 0.6 is 0 Å². The van der Waals surface area contributed by atoms with E-state index in [9.17, 15) is 9.59 Å². The van der Waals surface area contributed by atoms with Crippen LogP contribution < -0.4 is 11.2 Å². The Kier molecular flexibility index (Phi) is 2.89. The maximum absolute atomic E-state index is 13.2. The van der Waals surface area contributed by atoms with Crippen molar-refractivity contribution in [3.05, 3.63) is 69.4 Å². The molecule has 0 N–H and O–H groups in total. The lowest BCUT2D eigenvalue weighted by molar-refractivity contribution is 0.642. The summed E-state index contributed by atoms with van der Waals surface area (Å²) < 4.78 is 2.71. The summed E-state index contributed by atoms with van der Waals surface area (Å²) in [6.07, 6.45) is 0.0954. The molecule has 3 heterocycles. The number of benzene rings is 2. The van der Waals surface area contributed by atoms with Gasteiger partial charge in [-0.05, 0) is 12.1 Å². The van der Waals surface area contributed by atoms with Crippen LogP contribution in [0.5, 0.6) is 0 Å². The summed E-state index contributed by atoms with van der Waals surface area (Å²) in [7, 11) is 0. The second kappa shape index (κ2) is 5.14. The highest BCUT2D eigenvalue weighted by atomic mass is 16.2. The average Bonchev–Trinajstić information content (AvgIpc) is 2.99. The summed E-state index contributed by atoms with van der Waals surface area (Å²) >= 11 is 0. The predicted molar refractivity (Wildman–Crippen MR) is 99.7 cm³/mol. The van der Waals surface area contributed by atoms with Crippen molar-refractivity contribution in [2.45, 2.75) is 13.0 Å². The summed E-state index contributed by atoms with van der Waals surface area (Å²) in [5.41, 5.74) is 1.82. The monoisotopic (exact) mass is 340 g/mol. The average molecular weight is 340 g/mol. The van der Waals surface area contributed by atoms with Crippen molar-refractivity contribution in [3.63, 3.8) is 0 Å². The van der Waals surface area contributed by atoms with E-state index >= 15 is 0 Å². The van der Waals surface area contributed by atoms with Crippen molar-refractivity contribution >= 4 is 38.2 Å². The highest BCUT2D eigenvalue weighted by molar-refractivity contribution is 6.18. The molecule has 0 fully saturated rings. The number of nitrogens with zero attached hydrogens (tertiary/aromatic N) is 4. The van der Waals surface area contributed by atoms with Crippen molar-refractivity contribution in [2.75, 3.05) is 0 Å². The maximum Gasteiger partial charge on any atom is 0.336 e. The van der Waals surface area contributed by atoms with Crippen LogP contribution in [0.3, 0.4) is 0 Å². The zero-order chi connectivity index (χ0) is 17.8. The first-order valence-corrected chi connectivity index (χ1v) is 8.27. The van der Waals surface area contributed by atoms with Crippen molar-refractivity contribution in [1.29, 1.82) is 5.26 Å². The van der Waals surface area contributed by atoms with E-state index in [1.165, 1.54) is 0 Å². The van der Waals surface area contributed by atoms with Gasteiger partial charge < -0.3 is 0 Å². The van der Waals surface area contributed by atoms with Crippen molar-refractivity contribution < 1.29 is 0 Å². The molecule has 0 radical (unpaired) electrons. The fourth-order valence-electron chi connectivity index (χ4n) is 3.71. The molecule has 124 valence electrons. The number of nitriles is 1. The molecule has 3 aromatic heterocycles. The second-order valence-electron chi connectivity index (χ2n) is 6.20. The zero-order valence-electron chi connectivity index (χ0n) is 13.6. The van der Waals surface area contributed by atoms with E-state index in [0.717, 1.165) is 9.95 Å². The number of para-hydroxylation sites is 2. The first-order valence-electron chi connectivity index (χ1n) is 8.27. The third kappa shape index (κ3) is 1.72. The van der Waals surface area contributed by atoms with Gasteiger partial charge in [0.25, 0.3) is 5.56 Å². The van der Waals surface area contributed by atoms with Gasteiger partial charge in [-0.1, -0.05) is 36.4 Å². The molecule has 6 heteroatoms. The standard InChI is InChI=1S/C20H12N4O2/c21-10-5-11-23-19(25)16-12-6-1-3-8-14(12)22-17-13-7-2-4-9-15(13)24(18(16)17)20(23)26/h1-4,6-9H,5,11H2. The van der Waals surface area contributed by atoms with Gasteiger partial charge >= 0.3 is 5.69 Å². The normalized spacial score (nSPS) is 11.7. The Hall–Kier alpha value is -3.72. The van der Waals surface area contributed by atoms with E-state index in [1.807, 2.05) is 54.6 Å². The Morgan fingerprint density at radius 1 is 1.00 bits per heavy atom. The first kappa shape index (κ1) is 14.6. The third-order valence-electron chi connectivity index (χ3n) is 4.82. The summed E-state index contributed by atoms with van der Waals surface area (Å²) in [6, 6.07) is 16.9. The molecule has 0 saturated carbocycles. The minimum atomic E-state index is -0.430. The van der Waals surface area contributed by atoms with Crippen LogP contribution in [0.2, 0.25) is 0 Å². The topological polar surface area (TPSA) is 80.2 Å². The van der Waals surface area contributed by atoms with Crippen LogP contribution in [0.4, 0.5) is 0 Å². The van der Waals surface area contributed by atoms with Crippen LogP contribution in [0, 0.1) is 11.3 Å². The highest BCUT2D eigenvalue weighted by Gasteiger charge is 2.21. The van der Waals surface area contributed by atoms with E-state index in [0.29, 0.717) is 32.8 Å². The van der Waals surface area contributed by atoms with E-state index in [4.69, 9.17) is 10.2 Å². The summed E-state index contributed by atoms with van der Waals surface area (Å²) in [6.45, 7) is 0.0677. The molecule has 0 unspecified atom stereocenters. The number of hydrogen-bond donors (Lipinski definition) is 0. The van der Waals surface area contributed by atoms with Crippen LogP contribution in [0.1, 0.15) is 6.42 Å². The summed E-state index contributed by atoms with van der Waals surface area (Å²) in [5, 5.41) is 10.9. The molecule has 0 aliphatic heterocycles. The predicted octanol–water partition coefficient (Wildman–Crippen LogP) is 2.67. The van der Waals surface area contributed by atoms with E-state index in [2.05, 4.69) is 0 Å². The van der Waals surface area contributed by atoms with Crippen LogP contribution in [-0.2, 0) is 6.54 Å². The van der Waals surface area contributed by atoms with Crippen LogP contribution in [-0.4, -0.2) is 14.0 Å². The lowest BCUT2D eigenvalue weighted by atomic mass is 10.1. The van der Waals surface area contributed by atoms with Gasteiger partial charge in [0.1, 0.15) is 0 Å². The molecule has 0 bridgehead atoms. The highest BCUT2D eigenvalue weighted by Crippen LogP contribution is 2.31. The number of aromatic nitrogens is 3. The van der Waals surface area contributed by atoms with Gasteiger partial charge in [-0.3, -0.25) is 13.8 Å². The Labute approximate surface area is 146 Å². The minimum absolute atomic E-state index is 0.0677. The summed E-state index contributed by atoms with van der Waals surface area (Å²) in [4.78, 5) is 31.0. The lowest BCUT2D eigenvalue weighted by Crippen LogP contribution is -2.37. The lowest BCUT2D eigenvalue weighted by Gasteiger charge is -2.08. The third-order valence-corrected chi connectivity index (χ3v) is 4.82. The van der Waals surface area contributed by atoms with Crippen molar-refractivity contribution in [3.8, 4) is 6.07 Å². The van der Waals surface area contributed by atoms with Gasteiger partial charge in [0.05, 0.1) is 39.9 Å². The molecular formula is C20H12N4O2. The zero-order valence-corrected chi connectivity index (χ0v) is 13.6. The minimum Gasteiger partial charge on any atom is -0.268 e. The van der Waals surface area contributed by atoms with Crippen molar-refractivity contribution in [2.24, 2.45) is 0 Å². The van der Waals surface area contributed by atoms with Gasteiger partial charge in [-0.15, -0.1) is 0 Å². The first-order chi connectivity index (χ1) is 12.7. The summed E-state index contributed by atoms with van der Waals surface area (Å²) in [5.74, 6) is 0. The fourth-order valence-corrected chi connectivity index (χ4v) is 3.71. The van der Waals surface area contributed by atoms with Gasteiger partial charge in [-0.2, -0.15) is 5.26 Å². The molecule has 0 aliphatic rings. The molecule has 0 saturated heterocycles. The van der Waals surface area contributed by atoms with Crippen LogP contribution in [0.25, 0.3) is 38.2 Å². The molecule has 0 atom stereocenters. The molecule has 26 heavy (non-hydrogen) atoms. The van der Waals surface area contributed by atoms with E-state index in [1.54, 1.807) is 4.40 Å². The molecule has 5 rings (SSSR count). The smallest absolute Gasteiger partial charge is 0.268 e. The van der Waals surface area contributed by atoms with Crippen LogP contribution in [0.15, 0.2) is 58.1 Å². The second-order valence-corrected chi connectivity index (χ2v) is 6.20. The van der Waals surface area contributed by atoms with E-state index in [-0.39, 0.29) is 18.5 Å². The van der Waals surface area contributed by atoms with Crippen molar-refractivity contribution in [1.82, 2.24) is 14.0 Å².